The zero-order chi connectivity index (χ0) is 15.7. The van der Waals surface area contributed by atoms with Gasteiger partial charge in [0.15, 0.2) is 11.5 Å². The summed E-state index contributed by atoms with van der Waals surface area (Å²) >= 11 is 0. The number of aromatic hydroxyl groups is 1. The van der Waals surface area contributed by atoms with Gasteiger partial charge in [0.2, 0.25) is 0 Å². The van der Waals surface area contributed by atoms with Gasteiger partial charge in [0, 0.05) is 16.5 Å². The number of allylic oxidation sites excluding steroid dienone is 1. The second-order valence-corrected chi connectivity index (χ2v) is 5.20. The number of benzene rings is 2. The van der Waals surface area contributed by atoms with E-state index in [1.54, 1.807) is 12.1 Å². The summed E-state index contributed by atoms with van der Waals surface area (Å²) in [6, 6.07) is 11.4. The molecule has 0 aliphatic carbocycles. The quantitative estimate of drug-likeness (QED) is 0.726. The van der Waals surface area contributed by atoms with Gasteiger partial charge in [-0.3, -0.25) is 0 Å². The molecule has 1 aromatic heterocycles. The van der Waals surface area contributed by atoms with Crippen molar-refractivity contribution in [2.75, 3.05) is 7.11 Å². The highest BCUT2D eigenvalue weighted by atomic mass is 16.5. The van der Waals surface area contributed by atoms with E-state index in [0.717, 1.165) is 33.4 Å². The van der Waals surface area contributed by atoms with Gasteiger partial charge < -0.3 is 14.3 Å². The maximum atomic E-state index is 9.72. The number of aryl methyl sites for hydroxylation is 1. The minimum Gasteiger partial charge on any atom is -0.504 e. The van der Waals surface area contributed by atoms with E-state index in [4.69, 9.17) is 9.15 Å². The lowest BCUT2D eigenvalue weighted by Gasteiger charge is -2.05. The third-order valence-corrected chi connectivity index (χ3v) is 3.76. The van der Waals surface area contributed by atoms with Crippen LogP contribution in [0.1, 0.15) is 18.1 Å². The van der Waals surface area contributed by atoms with E-state index in [2.05, 4.69) is 12.1 Å². The largest absolute Gasteiger partial charge is 0.504 e. The first-order valence-electron chi connectivity index (χ1n) is 7.17. The number of ether oxygens (including phenoxy) is 1. The van der Waals surface area contributed by atoms with Crippen molar-refractivity contribution in [2.45, 2.75) is 13.8 Å². The molecule has 0 saturated heterocycles. The highest BCUT2D eigenvalue weighted by Gasteiger charge is 2.14. The summed E-state index contributed by atoms with van der Waals surface area (Å²) in [5, 5.41) is 10.8. The second kappa shape index (κ2) is 5.60. The number of hydrogen-bond acceptors (Lipinski definition) is 3. The van der Waals surface area contributed by atoms with Crippen molar-refractivity contribution in [3.8, 4) is 22.8 Å². The summed E-state index contributed by atoms with van der Waals surface area (Å²) in [5.74, 6) is 1.35. The smallest absolute Gasteiger partial charge is 0.161 e. The topological polar surface area (TPSA) is 42.6 Å². The molecule has 0 aliphatic heterocycles. The SMILES string of the molecule is C/C=C/c1ccc2oc(-c3ccc(O)c(OC)c3)c(C)c2c1. The number of hydrogen-bond donors (Lipinski definition) is 1. The van der Waals surface area contributed by atoms with Crippen LogP contribution in [-0.2, 0) is 0 Å². The van der Waals surface area contributed by atoms with Crippen molar-refractivity contribution in [3.05, 3.63) is 53.6 Å². The molecular weight excluding hydrogens is 276 g/mol. The van der Waals surface area contributed by atoms with Crippen LogP contribution < -0.4 is 4.74 Å². The van der Waals surface area contributed by atoms with Crippen LogP contribution in [0.15, 0.2) is 46.9 Å². The summed E-state index contributed by atoms with van der Waals surface area (Å²) in [5.41, 5.74) is 3.96. The monoisotopic (exact) mass is 294 g/mol. The molecule has 3 nitrogen and oxygen atoms in total. The molecule has 0 amide bonds. The number of furan rings is 1. The number of methoxy groups -OCH3 is 1. The maximum Gasteiger partial charge on any atom is 0.161 e. The predicted octanol–water partition coefficient (Wildman–Crippen LogP) is 5.16. The summed E-state index contributed by atoms with van der Waals surface area (Å²) < 4.78 is 11.2. The number of fused-ring (bicyclic) bond motifs is 1. The van der Waals surface area contributed by atoms with Crippen molar-refractivity contribution in [2.24, 2.45) is 0 Å². The second-order valence-electron chi connectivity index (χ2n) is 5.20. The Balaban J connectivity index is 2.17. The average Bonchev–Trinajstić information content (AvgIpc) is 2.85. The van der Waals surface area contributed by atoms with E-state index in [-0.39, 0.29) is 5.75 Å². The van der Waals surface area contributed by atoms with Gasteiger partial charge in [0.1, 0.15) is 11.3 Å². The van der Waals surface area contributed by atoms with Crippen molar-refractivity contribution in [1.82, 2.24) is 0 Å². The van der Waals surface area contributed by atoms with Crippen LogP contribution in [0.2, 0.25) is 0 Å². The van der Waals surface area contributed by atoms with Gasteiger partial charge in [-0.15, -0.1) is 0 Å². The van der Waals surface area contributed by atoms with Crippen LogP contribution in [0.3, 0.4) is 0 Å². The first kappa shape index (κ1) is 14.3. The third-order valence-electron chi connectivity index (χ3n) is 3.76. The molecule has 0 saturated carbocycles. The predicted molar refractivity (Wildman–Crippen MR) is 89.3 cm³/mol. The molecule has 0 unspecified atom stereocenters. The minimum absolute atomic E-state index is 0.121. The molecule has 0 bridgehead atoms. The molecule has 3 rings (SSSR count). The highest BCUT2D eigenvalue weighted by Crippen LogP contribution is 2.37. The zero-order valence-electron chi connectivity index (χ0n) is 12.9. The Morgan fingerprint density at radius 2 is 1.95 bits per heavy atom. The van der Waals surface area contributed by atoms with E-state index in [9.17, 15) is 5.11 Å². The molecule has 0 radical (unpaired) electrons. The van der Waals surface area contributed by atoms with Crippen LogP contribution in [0.25, 0.3) is 28.4 Å². The fraction of sp³-hybridized carbons (Fsp3) is 0.158. The first-order chi connectivity index (χ1) is 10.6. The van der Waals surface area contributed by atoms with E-state index >= 15 is 0 Å². The van der Waals surface area contributed by atoms with Gasteiger partial charge in [-0.05, 0) is 49.7 Å². The van der Waals surface area contributed by atoms with Crippen molar-refractivity contribution >= 4 is 17.0 Å². The molecule has 3 aromatic rings. The molecule has 0 spiro atoms. The Kier molecular flexibility index (Phi) is 3.63. The van der Waals surface area contributed by atoms with Gasteiger partial charge in [0.25, 0.3) is 0 Å². The van der Waals surface area contributed by atoms with E-state index in [0.29, 0.717) is 5.75 Å². The molecule has 22 heavy (non-hydrogen) atoms. The van der Waals surface area contributed by atoms with Crippen LogP contribution >= 0.6 is 0 Å². The van der Waals surface area contributed by atoms with Gasteiger partial charge >= 0.3 is 0 Å². The average molecular weight is 294 g/mol. The van der Waals surface area contributed by atoms with Crippen LogP contribution in [0.4, 0.5) is 0 Å². The van der Waals surface area contributed by atoms with Crippen molar-refractivity contribution in [1.29, 1.82) is 0 Å². The first-order valence-corrected chi connectivity index (χ1v) is 7.17. The molecule has 1 heterocycles. The fourth-order valence-corrected chi connectivity index (χ4v) is 2.63. The summed E-state index contributed by atoms with van der Waals surface area (Å²) in [6.45, 7) is 4.04. The minimum atomic E-state index is 0.121. The molecule has 112 valence electrons. The maximum absolute atomic E-state index is 9.72. The van der Waals surface area contributed by atoms with Gasteiger partial charge in [0.05, 0.1) is 7.11 Å². The van der Waals surface area contributed by atoms with Crippen molar-refractivity contribution in [3.63, 3.8) is 0 Å². The van der Waals surface area contributed by atoms with E-state index in [1.165, 1.54) is 7.11 Å². The molecule has 0 aliphatic rings. The Labute approximate surface area is 129 Å². The number of phenolic OH excluding ortho intramolecular Hbond substituents is 1. The highest BCUT2D eigenvalue weighted by molar-refractivity contribution is 5.89. The van der Waals surface area contributed by atoms with E-state index in [1.807, 2.05) is 38.1 Å². The summed E-state index contributed by atoms with van der Waals surface area (Å²) in [7, 11) is 1.54. The third kappa shape index (κ3) is 2.35. The lowest BCUT2D eigenvalue weighted by Crippen LogP contribution is -1.85. The van der Waals surface area contributed by atoms with Crippen LogP contribution in [0.5, 0.6) is 11.5 Å². The Morgan fingerprint density at radius 3 is 2.68 bits per heavy atom. The zero-order valence-corrected chi connectivity index (χ0v) is 12.9. The van der Waals surface area contributed by atoms with Crippen LogP contribution in [-0.4, -0.2) is 12.2 Å². The molecule has 2 aromatic carbocycles. The molecular formula is C19H18O3. The Hall–Kier alpha value is -2.68. The normalized spacial score (nSPS) is 11.4. The molecule has 0 atom stereocenters. The van der Waals surface area contributed by atoms with Crippen LogP contribution in [0, 0.1) is 6.92 Å². The molecule has 3 heteroatoms. The van der Waals surface area contributed by atoms with Crippen molar-refractivity contribution < 1.29 is 14.3 Å². The summed E-state index contributed by atoms with van der Waals surface area (Å²) in [4.78, 5) is 0. The summed E-state index contributed by atoms with van der Waals surface area (Å²) in [6.07, 6.45) is 4.08. The lowest BCUT2D eigenvalue weighted by molar-refractivity contribution is 0.373. The molecule has 1 N–H and O–H groups in total. The van der Waals surface area contributed by atoms with Gasteiger partial charge in [-0.2, -0.15) is 0 Å². The number of rotatable bonds is 3. The van der Waals surface area contributed by atoms with Gasteiger partial charge in [-0.1, -0.05) is 18.2 Å². The standard InChI is InChI=1S/C19H18O3/c1-4-5-13-6-9-17-15(10-13)12(2)19(22-17)14-7-8-16(20)18(11-14)21-3/h4-11,20H,1-3H3/b5-4+. The number of phenols is 1. The Bertz CT molecular complexity index is 856. The van der Waals surface area contributed by atoms with E-state index < -0.39 is 0 Å². The Morgan fingerprint density at radius 1 is 1.14 bits per heavy atom. The lowest BCUT2D eigenvalue weighted by atomic mass is 10.0. The molecule has 0 fully saturated rings. The fourth-order valence-electron chi connectivity index (χ4n) is 2.63. The van der Waals surface area contributed by atoms with Gasteiger partial charge in [-0.25, -0.2) is 0 Å².